The maximum Gasteiger partial charge on any atom is 0.321 e. The molecule has 0 amide bonds. The van der Waals surface area contributed by atoms with E-state index < -0.39 is 22.0 Å². The van der Waals surface area contributed by atoms with Crippen LogP contribution in [0.15, 0.2) is 24.4 Å². The van der Waals surface area contributed by atoms with Crippen LogP contribution in [-0.4, -0.2) is 71.7 Å². The van der Waals surface area contributed by atoms with Gasteiger partial charge < -0.3 is 9.72 Å². The number of H-pyrrole nitrogens is 1. The highest BCUT2D eigenvalue weighted by molar-refractivity contribution is 7.86. The molecule has 2 aromatic heterocycles. The van der Waals surface area contributed by atoms with Gasteiger partial charge in [0, 0.05) is 20.1 Å². The summed E-state index contributed by atoms with van der Waals surface area (Å²) in [4.78, 5) is 22.8. The molecule has 0 aromatic carbocycles. The van der Waals surface area contributed by atoms with Crippen LogP contribution in [0.2, 0.25) is 5.15 Å². The number of likely N-dealkylation sites (N-methyl/N-ethyl adjacent to an activating group) is 1. The van der Waals surface area contributed by atoms with Crippen LogP contribution < -0.4 is 0 Å². The number of hydrogen-bond donors (Lipinski definition) is 1. The van der Waals surface area contributed by atoms with Gasteiger partial charge in [0.25, 0.3) is 10.2 Å². The van der Waals surface area contributed by atoms with E-state index in [-0.39, 0.29) is 30.7 Å². The van der Waals surface area contributed by atoms with Crippen molar-refractivity contribution < 1.29 is 22.3 Å². The van der Waals surface area contributed by atoms with E-state index in [1.54, 1.807) is 6.08 Å². The lowest BCUT2D eigenvalue weighted by atomic mass is 9.95. The highest BCUT2D eigenvalue weighted by Crippen LogP contribution is 2.33. The second-order valence-corrected chi connectivity index (χ2v) is 9.24. The molecule has 0 saturated heterocycles. The fraction of sp³-hybridized carbons (Fsp3) is 0.389. The normalized spacial score (nSPS) is 17.8. The number of esters is 1. The number of nitrogens with one attached hydrogen (secondary N) is 1. The summed E-state index contributed by atoms with van der Waals surface area (Å²) < 4.78 is 45.3. The number of carbonyl (C=O) groups excluding carboxylic acids is 1. The van der Waals surface area contributed by atoms with Gasteiger partial charge in [0.05, 0.1) is 13.3 Å². The summed E-state index contributed by atoms with van der Waals surface area (Å²) >= 11 is 6.32. The van der Waals surface area contributed by atoms with E-state index in [1.165, 1.54) is 30.6 Å². The zero-order chi connectivity index (χ0) is 22.1. The first-order valence-electron chi connectivity index (χ1n) is 8.99. The topological polar surface area (TPSA) is 108 Å². The lowest BCUT2D eigenvalue weighted by molar-refractivity contribution is -0.140. The molecule has 0 aliphatic carbocycles. The SMILES string of the molecule is COC(=O)CN(C)S(=O)(=O)N1CC=C(c2nc(-c3ccc(F)cn3)[nH]c2Cl)[C@@H](C)C1. The van der Waals surface area contributed by atoms with Gasteiger partial charge in [0.15, 0.2) is 5.82 Å². The van der Waals surface area contributed by atoms with E-state index >= 15 is 0 Å². The lowest BCUT2D eigenvalue weighted by Crippen LogP contribution is -2.47. The zero-order valence-electron chi connectivity index (χ0n) is 16.6. The van der Waals surface area contributed by atoms with Crippen LogP contribution in [0.4, 0.5) is 4.39 Å². The summed E-state index contributed by atoms with van der Waals surface area (Å²) in [6.07, 6.45) is 2.82. The molecule has 2 aromatic rings. The van der Waals surface area contributed by atoms with Crippen molar-refractivity contribution in [3.63, 3.8) is 0 Å². The van der Waals surface area contributed by atoms with Gasteiger partial charge in [-0.1, -0.05) is 24.6 Å². The van der Waals surface area contributed by atoms with Gasteiger partial charge in [0.1, 0.15) is 28.9 Å². The van der Waals surface area contributed by atoms with Crippen LogP contribution in [0.1, 0.15) is 12.6 Å². The Morgan fingerprint density at radius 3 is 2.80 bits per heavy atom. The molecule has 3 heterocycles. The molecule has 0 saturated carbocycles. The van der Waals surface area contributed by atoms with Crippen molar-refractivity contribution in [2.24, 2.45) is 5.92 Å². The number of carbonyl (C=O) groups is 1. The Balaban J connectivity index is 1.82. The predicted octanol–water partition coefficient (Wildman–Crippen LogP) is 1.95. The van der Waals surface area contributed by atoms with Crippen LogP contribution in [0, 0.1) is 11.7 Å². The Morgan fingerprint density at radius 2 is 2.20 bits per heavy atom. The number of nitrogens with zero attached hydrogens (tertiary/aromatic N) is 4. The van der Waals surface area contributed by atoms with E-state index in [2.05, 4.69) is 19.7 Å². The Hall–Kier alpha value is -2.34. The van der Waals surface area contributed by atoms with E-state index in [0.29, 0.717) is 17.2 Å². The van der Waals surface area contributed by atoms with Crippen molar-refractivity contribution in [2.45, 2.75) is 6.92 Å². The Kier molecular flexibility index (Phi) is 6.56. The van der Waals surface area contributed by atoms with Crippen molar-refractivity contribution in [1.29, 1.82) is 0 Å². The number of rotatable bonds is 6. The molecule has 1 aliphatic heterocycles. The summed E-state index contributed by atoms with van der Waals surface area (Å²) in [5.41, 5.74) is 1.71. The van der Waals surface area contributed by atoms with Crippen LogP contribution in [-0.2, 0) is 19.7 Å². The van der Waals surface area contributed by atoms with Gasteiger partial charge in [-0.3, -0.25) is 4.79 Å². The number of imidazole rings is 1. The molecule has 1 aliphatic rings. The molecule has 0 unspecified atom stereocenters. The van der Waals surface area contributed by atoms with Gasteiger partial charge in [0.2, 0.25) is 0 Å². The first-order chi connectivity index (χ1) is 14.1. The minimum atomic E-state index is -3.84. The van der Waals surface area contributed by atoms with Gasteiger partial charge >= 0.3 is 5.97 Å². The summed E-state index contributed by atoms with van der Waals surface area (Å²) in [7, 11) is -1.32. The molecule has 30 heavy (non-hydrogen) atoms. The third-order valence-corrected chi connectivity index (χ3v) is 6.87. The zero-order valence-corrected chi connectivity index (χ0v) is 18.2. The van der Waals surface area contributed by atoms with Crippen molar-refractivity contribution >= 4 is 33.4 Å². The number of aromatic amines is 1. The van der Waals surface area contributed by atoms with E-state index in [4.69, 9.17) is 11.6 Å². The minimum Gasteiger partial charge on any atom is -0.468 e. The van der Waals surface area contributed by atoms with Gasteiger partial charge in [-0.25, -0.2) is 14.4 Å². The quantitative estimate of drug-likeness (QED) is 0.664. The Labute approximate surface area is 178 Å². The van der Waals surface area contributed by atoms with Crippen LogP contribution in [0.3, 0.4) is 0 Å². The lowest BCUT2D eigenvalue weighted by Gasteiger charge is -2.32. The highest BCUT2D eigenvalue weighted by atomic mass is 35.5. The molecule has 1 atom stereocenters. The molecule has 9 nitrogen and oxygen atoms in total. The molecule has 0 spiro atoms. The van der Waals surface area contributed by atoms with E-state index in [0.717, 1.165) is 16.1 Å². The number of halogens is 2. The minimum absolute atomic E-state index is 0.0981. The molecular weight excluding hydrogens is 437 g/mol. The maximum absolute atomic E-state index is 13.1. The monoisotopic (exact) mass is 457 g/mol. The first kappa shape index (κ1) is 22.3. The summed E-state index contributed by atoms with van der Waals surface area (Å²) in [6, 6.07) is 2.76. The van der Waals surface area contributed by atoms with Gasteiger partial charge in [-0.15, -0.1) is 0 Å². The first-order valence-corrected chi connectivity index (χ1v) is 10.8. The average molecular weight is 458 g/mol. The third kappa shape index (κ3) is 4.53. The van der Waals surface area contributed by atoms with E-state index in [9.17, 15) is 17.6 Å². The number of pyridine rings is 1. The van der Waals surface area contributed by atoms with Crippen molar-refractivity contribution in [3.05, 3.63) is 41.1 Å². The summed E-state index contributed by atoms with van der Waals surface area (Å²) in [5, 5.41) is 0.286. The molecule has 0 bridgehead atoms. The van der Waals surface area contributed by atoms with Gasteiger partial charge in [-0.2, -0.15) is 17.0 Å². The predicted molar refractivity (Wildman–Crippen MR) is 109 cm³/mol. The van der Waals surface area contributed by atoms with Crippen molar-refractivity contribution in [3.8, 4) is 11.5 Å². The maximum atomic E-state index is 13.1. The fourth-order valence-corrected chi connectivity index (χ4v) is 4.68. The molecule has 0 radical (unpaired) electrons. The van der Waals surface area contributed by atoms with Crippen molar-refractivity contribution in [1.82, 2.24) is 23.6 Å². The smallest absolute Gasteiger partial charge is 0.321 e. The average Bonchev–Trinajstić information content (AvgIpc) is 3.09. The third-order valence-electron chi connectivity index (χ3n) is 4.73. The van der Waals surface area contributed by atoms with Crippen LogP contribution in [0.5, 0.6) is 0 Å². The molecule has 0 fully saturated rings. The van der Waals surface area contributed by atoms with E-state index in [1.807, 2.05) is 6.92 Å². The number of hydrogen-bond acceptors (Lipinski definition) is 6. The molecular formula is C18H21ClFN5O4S. The summed E-state index contributed by atoms with van der Waals surface area (Å²) in [5.74, 6) is -0.933. The highest BCUT2D eigenvalue weighted by Gasteiger charge is 2.33. The summed E-state index contributed by atoms with van der Waals surface area (Å²) in [6.45, 7) is 1.77. The molecule has 1 N–H and O–H groups in total. The van der Waals surface area contributed by atoms with Crippen LogP contribution in [0.25, 0.3) is 17.1 Å². The molecule has 12 heteroatoms. The Bertz CT molecular complexity index is 1070. The van der Waals surface area contributed by atoms with Gasteiger partial charge in [-0.05, 0) is 23.6 Å². The molecule has 3 rings (SSSR count). The number of aromatic nitrogens is 3. The second-order valence-electron chi connectivity index (χ2n) is 6.83. The molecule has 162 valence electrons. The Morgan fingerprint density at radius 1 is 1.47 bits per heavy atom. The number of ether oxygens (including phenoxy) is 1. The largest absolute Gasteiger partial charge is 0.468 e. The standard InChI is InChI=1S/C18H21ClFN5O4S/c1-11-9-25(30(27,28)24(2)10-15(26)29-3)7-6-13(11)16-17(19)23-18(22-16)14-5-4-12(20)8-21-14/h4-6,8,11H,7,9-10H2,1-3H3,(H,22,23)/t11-/m0/s1. The number of methoxy groups -OCH3 is 1. The van der Waals surface area contributed by atoms with Crippen molar-refractivity contribution in [2.75, 3.05) is 33.8 Å². The van der Waals surface area contributed by atoms with Crippen LogP contribution >= 0.6 is 11.6 Å². The second kappa shape index (κ2) is 8.80. The fourth-order valence-electron chi connectivity index (χ4n) is 3.10.